The predicted octanol–water partition coefficient (Wildman–Crippen LogP) is 3.49. The Morgan fingerprint density at radius 3 is 2.48 bits per heavy atom. The number of carbonyl (C=O) groups excluding carboxylic acids is 1. The highest BCUT2D eigenvalue weighted by Crippen LogP contribution is 2.18. The highest BCUT2D eigenvalue weighted by molar-refractivity contribution is 7.92. The minimum Gasteiger partial charge on any atom is -0.324 e. The van der Waals surface area contributed by atoms with E-state index in [9.17, 15) is 13.2 Å². The summed E-state index contributed by atoms with van der Waals surface area (Å²) in [5, 5.41) is 2.98. The van der Waals surface area contributed by atoms with E-state index in [0.717, 1.165) is 11.0 Å². The summed E-state index contributed by atoms with van der Waals surface area (Å²) in [6.07, 6.45) is 3.14. The van der Waals surface area contributed by atoms with Crippen LogP contribution in [0.1, 0.15) is 0 Å². The second-order valence-electron chi connectivity index (χ2n) is 6.27. The molecule has 9 heteroatoms. The van der Waals surface area contributed by atoms with Crippen LogP contribution in [0, 0.1) is 0 Å². The molecule has 2 heterocycles. The molecule has 0 aliphatic rings. The topological polar surface area (TPSA) is 94.0 Å². The number of carbonyl (C=O) groups is 1. The van der Waals surface area contributed by atoms with Crippen molar-refractivity contribution in [2.24, 2.45) is 0 Å². The number of nitrogens with one attached hydrogen (secondary N) is 1. The molecule has 1 amide bonds. The molecular formula is C20H15ClN4O3S. The van der Waals surface area contributed by atoms with Crippen molar-refractivity contribution in [3.05, 3.63) is 78.2 Å². The molecule has 0 atom stereocenters. The molecule has 7 nitrogen and oxygen atoms in total. The smallest absolute Gasteiger partial charge is 0.240 e. The highest BCUT2D eigenvalue weighted by atomic mass is 35.5. The van der Waals surface area contributed by atoms with Gasteiger partial charge in [-0.2, -0.15) is 0 Å². The SMILES string of the molecule is O=C(CS(=O)(=O)c1ccc(Cl)cc1)Nc1ccc(-n2cnc3ccccc32)nc1. The fourth-order valence-corrected chi connectivity index (χ4v) is 4.10. The number of benzene rings is 2. The number of nitrogens with zero attached hydrogens (tertiary/aromatic N) is 3. The van der Waals surface area contributed by atoms with Crippen molar-refractivity contribution in [3.8, 4) is 5.82 Å². The normalized spacial score (nSPS) is 11.5. The Morgan fingerprint density at radius 1 is 1.00 bits per heavy atom. The Hall–Kier alpha value is -3.23. The Balaban J connectivity index is 1.47. The lowest BCUT2D eigenvalue weighted by atomic mass is 10.3. The van der Waals surface area contributed by atoms with E-state index in [-0.39, 0.29) is 4.90 Å². The third kappa shape index (κ3) is 4.13. The zero-order chi connectivity index (χ0) is 20.4. The number of hydrogen-bond acceptors (Lipinski definition) is 5. The van der Waals surface area contributed by atoms with Crippen LogP contribution in [0.15, 0.2) is 78.1 Å². The van der Waals surface area contributed by atoms with Crippen LogP contribution in [0.2, 0.25) is 5.02 Å². The molecule has 0 spiro atoms. The minimum atomic E-state index is -3.77. The molecule has 4 rings (SSSR count). The van der Waals surface area contributed by atoms with E-state index in [0.29, 0.717) is 16.5 Å². The molecule has 0 aliphatic heterocycles. The molecule has 0 radical (unpaired) electrons. The van der Waals surface area contributed by atoms with Gasteiger partial charge in [-0.1, -0.05) is 23.7 Å². The molecule has 0 aliphatic carbocycles. The van der Waals surface area contributed by atoms with Gasteiger partial charge in [0.15, 0.2) is 9.84 Å². The van der Waals surface area contributed by atoms with Gasteiger partial charge in [0.25, 0.3) is 0 Å². The van der Waals surface area contributed by atoms with Crippen molar-refractivity contribution in [1.82, 2.24) is 14.5 Å². The summed E-state index contributed by atoms with van der Waals surface area (Å²) in [6, 6.07) is 16.7. The first kappa shape index (κ1) is 19.1. The Labute approximate surface area is 171 Å². The Bertz CT molecular complexity index is 1280. The lowest BCUT2D eigenvalue weighted by Gasteiger charge is -2.08. The molecule has 0 saturated carbocycles. The van der Waals surface area contributed by atoms with E-state index in [4.69, 9.17) is 11.6 Å². The van der Waals surface area contributed by atoms with Crippen LogP contribution in [-0.2, 0) is 14.6 Å². The van der Waals surface area contributed by atoms with Crippen molar-refractivity contribution in [2.45, 2.75) is 4.90 Å². The molecule has 0 fully saturated rings. The zero-order valence-corrected chi connectivity index (χ0v) is 16.6. The van der Waals surface area contributed by atoms with E-state index in [1.165, 1.54) is 30.5 Å². The van der Waals surface area contributed by atoms with Gasteiger partial charge in [-0.25, -0.2) is 18.4 Å². The summed E-state index contributed by atoms with van der Waals surface area (Å²) < 4.78 is 26.5. The fourth-order valence-electron chi connectivity index (χ4n) is 2.84. The van der Waals surface area contributed by atoms with Crippen molar-refractivity contribution < 1.29 is 13.2 Å². The van der Waals surface area contributed by atoms with Crippen molar-refractivity contribution in [2.75, 3.05) is 11.1 Å². The molecule has 4 aromatic rings. The predicted molar refractivity (Wildman–Crippen MR) is 111 cm³/mol. The van der Waals surface area contributed by atoms with Gasteiger partial charge in [-0.15, -0.1) is 0 Å². The van der Waals surface area contributed by atoms with Crippen molar-refractivity contribution in [1.29, 1.82) is 0 Å². The van der Waals surface area contributed by atoms with E-state index >= 15 is 0 Å². The number of halogens is 1. The summed E-state index contributed by atoms with van der Waals surface area (Å²) in [5.41, 5.74) is 2.15. The fraction of sp³-hybridized carbons (Fsp3) is 0.0500. The minimum absolute atomic E-state index is 0.0394. The molecule has 146 valence electrons. The molecule has 0 saturated heterocycles. The number of sulfone groups is 1. The van der Waals surface area contributed by atoms with E-state index in [2.05, 4.69) is 15.3 Å². The van der Waals surface area contributed by atoms with Gasteiger partial charge in [0.2, 0.25) is 5.91 Å². The standard InChI is InChI=1S/C20H15ClN4O3S/c21-14-5-8-16(9-6-14)29(27,28)12-20(26)24-15-7-10-19(22-11-15)25-13-23-17-3-1-2-4-18(17)25/h1-11,13H,12H2,(H,24,26). The number of fused-ring (bicyclic) bond motifs is 1. The molecule has 0 unspecified atom stereocenters. The van der Waals surface area contributed by atoms with Gasteiger partial charge in [0.1, 0.15) is 17.9 Å². The van der Waals surface area contributed by atoms with Gasteiger partial charge >= 0.3 is 0 Å². The lowest BCUT2D eigenvalue weighted by molar-refractivity contribution is -0.113. The van der Waals surface area contributed by atoms with Crippen LogP contribution >= 0.6 is 11.6 Å². The Morgan fingerprint density at radius 2 is 1.76 bits per heavy atom. The third-order valence-electron chi connectivity index (χ3n) is 4.23. The van der Waals surface area contributed by atoms with E-state index < -0.39 is 21.5 Å². The first-order valence-electron chi connectivity index (χ1n) is 8.59. The number of para-hydroxylation sites is 2. The average molecular weight is 427 g/mol. The first-order chi connectivity index (χ1) is 13.9. The average Bonchev–Trinajstić information content (AvgIpc) is 3.12. The van der Waals surface area contributed by atoms with Gasteiger partial charge in [0, 0.05) is 5.02 Å². The van der Waals surface area contributed by atoms with E-state index in [1.54, 1.807) is 18.5 Å². The van der Waals surface area contributed by atoms with Crippen molar-refractivity contribution in [3.63, 3.8) is 0 Å². The van der Waals surface area contributed by atoms with Crippen LogP contribution in [0.5, 0.6) is 0 Å². The number of imidazole rings is 1. The molecule has 0 bridgehead atoms. The van der Waals surface area contributed by atoms with Crippen LogP contribution < -0.4 is 5.32 Å². The molecule has 2 aromatic carbocycles. The van der Waals surface area contributed by atoms with E-state index in [1.807, 2.05) is 28.8 Å². The van der Waals surface area contributed by atoms with Crippen LogP contribution in [0.4, 0.5) is 5.69 Å². The van der Waals surface area contributed by atoms with Gasteiger partial charge < -0.3 is 5.32 Å². The maximum atomic E-state index is 12.3. The number of amides is 1. The van der Waals surface area contributed by atoms with Gasteiger partial charge in [-0.3, -0.25) is 9.36 Å². The number of aromatic nitrogens is 3. The first-order valence-corrected chi connectivity index (χ1v) is 10.6. The monoisotopic (exact) mass is 426 g/mol. The summed E-state index contributed by atoms with van der Waals surface area (Å²) in [4.78, 5) is 20.9. The summed E-state index contributed by atoms with van der Waals surface area (Å²) in [5.74, 6) is -0.698. The third-order valence-corrected chi connectivity index (χ3v) is 6.11. The van der Waals surface area contributed by atoms with Gasteiger partial charge in [-0.05, 0) is 48.5 Å². The van der Waals surface area contributed by atoms with Crippen LogP contribution in [0.25, 0.3) is 16.9 Å². The number of pyridine rings is 1. The van der Waals surface area contributed by atoms with Crippen LogP contribution in [0.3, 0.4) is 0 Å². The lowest BCUT2D eigenvalue weighted by Crippen LogP contribution is -2.23. The summed E-state index contributed by atoms with van der Waals surface area (Å²) >= 11 is 5.77. The molecule has 1 N–H and O–H groups in total. The quantitative estimate of drug-likeness (QED) is 0.527. The summed E-state index contributed by atoms with van der Waals surface area (Å²) in [6.45, 7) is 0. The van der Waals surface area contributed by atoms with Crippen molar-refractivity contribution >= 4 is 44.1 Å². The highest BCUT2D eigenvalue weighted by Gasteiger charge is 2.19. The molecular weight excluding hydrogens is 412 g/mol. The number of hydrogen-bond donors (Lipinski definition) is 1. The molecule has 2 aromatic heterocycles. The number of anilines is 1. The second-order valence-corrected chi connectivity index (χ2v) is 8.70. The second kappa shape index (κ2) is 7.65. The Kier molecular flexibility index (Phi) is 5.04. The largest absolute Gasteiger partial charge is 0.324 e. The van der Waals surface area contributed by atoms with Gasteiger partial charge in [0.05, 0.1) is 27.8 Å². The maximum Gasteiger partial charge on any atom is 0.240 e. The maximum absolute atomic E-state index is 12.3. The number of rotatable bonds is 5. The zero-order valence-electron chi connectivity index (χ0n) is 15.0. The summed E-state index contributed by atoms with van der Waals surface area (Å²) in [7, 11) is -3.77. The van der Waals surface area contributed by atoms with Crippen LogP contribution in [-0.4, -0.2) is 34.6 Å². The molecule has 29 heavy (non-hydrogen) atoms.